The molecular formula is C12H14N4O. The molecule has 0 bridgehead atoms. The van der Waals surface area contributed by atoms with Crippen LogP contribution in [0.4, 0.5) is 11.4 Å². The Hall–Kier alpha value is -2.01. The predicted octanol–water partition coefficient (Wildman–Crippen LogP) is 1.02. The molecule has 0 radical (unpaired) electrons. The van der Waals surface area contributed by atoms with E-state index in [0.717, 1.165) is 28.3 Å². The van der Waals surface area contributed by atoms with Crippen LogP contribution in [0.1, 0.15) is 5.56 Å². The predicted molar refractivity (Wildman–Crippen MR) is 66.2 cm³/mol. The number of fused-ring (bicyclic) bond motifs is 1. The monoisotopic (exact) mass is 230 g/mol. The average molecular weight is 230 g/mol. The van der Waals surface area contributed by atoms with Crippen LogP contribution in [0.2, 0.25) is 0 Å². The second-order valence-corrected chi connectivity index (χ2v) is 4.35. The molecule has 1 amide bonds. The lowest BCUT2D eigenvalue weighted by molar-refractivity contribution is -0.112. The molecule has 5 heteroatoms. The summed E-state index contributed by atoms with van der Waals surface area (Å²) in [6.07, 6.45) is 0. The van der Waals surface area contributed by atoms with Crippen LogP contribution in [0, 0.1) is 6.92 Å². The zero-order valence-electron chi connectivity index (χ0n) is 9.79. The van der Waals surface area contributed by atoms with E-state index in [9.17, 15) is 4.79 Å². The van der Waals surface area contributed by atoms with Gasteiger partial charge in [-0.25, -0.2) is 5.43 Å². The van der Waals surface area contributed by atoms with Gasteiger partial charge in [0.25, 0.3) is 5.91 Å². The first-order valence-electron chi connectivity index (χ1n) is 5.54. The fourth-order valence-electron chi connectivity index (χ4n) is 2.11. The number of hydrazine groups is 1. The quantitative estimate of drug-likeness (QED) is 0.623. The molecule has 0 fully saturated rings. The molecule has 3 N–H and O–H groups in total. The lowest BCUT2D eigenvalue weighted by atomic mass is 10.2. The first-order chi connectivity index (χ1) is 8.15. The standard InChI is InChI=1S/C12H14N4O/c1-7-3-4-9-10(5-7)14-11-8(12(17)15-9)6-13-16(11)2/h3-5,13-14H,6H2,1-2H3,(H,15,17). The van der Waals surface area contributed by atoms with E-state index in [4.69, 9.17) is 0 Å². The number of nitrogens with one attached hydrogen (secondary N) is 3. The van der Waals surface area contributed by atoms with Crippen LogP contribution in [-0.4, -0.2) is 24.5 Å². The molecule has 5 nitrogen and oxygen atoms in total. The maximum absolute atomic E-state index is 12.0. The molecule has 0 aromatic heterocycles. The maximum Gasteiger partial charge on any atom is 0.256 e. The first kappa shape index (κ1) is 10.2. The van der Waals surface area contributed by atoms with Crippen molar-refractivity contribution in [3.63, 3.8) is 0 Å². The van der Waals surface area contributed by atoms with Gasteiger partial charge in [-0.1, -0.05) is 6.07 Å². The second kappa shape index (κ2) is 3.49. The minimum atomic E-state index is -0.0491. The SMILES string of the molecule is Cc1ccc2c(c1)NC1=C(CNN1C)C(=O)N2. The molecule has 2 heterocycles. The summed E-state index contributed by atoms with van der Waals surface area (Å²) in [7, 11) is 1.89. The summed E-state index contributed by atoms with van der Waals surface area (Å²) >= 11 is 0. The molecule has 0 aliphatic carbocycles. The number of hydrogen-bond donors (Lipinski definition) is 3. The van der Waals surface area contributed by atoms with Gasteiger partial charge in [0.15, 0.2) is 0 Å². The van der Waals surface area contributed by atoms with E-state index in [0.29, 0.717) is 6.54 Å². The average Bonchev–Trinajstić information content (AvgIpc) is 2.57. The van der Waals surface area contributed by atoms with Crippen molar-refractivity contribution in [1.82, 2.24) is 10.4 Å². The van der Waals surface area contributed by atoms with Crippen LogP contribution < -0.4 is 16.1 Å². The molecule has 0 spiro atoms. The topological polar surface area (TPSA) is 56.4 Å². The lowest BCUT2D eigenvalue weighted by Crippen LogP contribution is -2.30. The van der Waals surface area contributed by atoms with Gasteiger partial charge >= 0.3 is 0 Å². The van der Waals surface area contributed by atoms with Gasteiger partial charge in [0, 0.05) is 13.6 Å². The first-order valence-corrected chi connectivity index (χ1v) is 5.54. The van der Waals surface area contributed by atoms with E-state index in [-0.39, 0.29) is 5.91 Å². The van der Waals surface area contributed by atoms with Crippen molar-refractivity contribution in [3.8, 4) is 0 Å². The van der Waals surface area contributed by atoms with Gasteiger partial charge in [-0.15, -0.1) is 0 Å². The Labute approximate surface area is 99.5 Å². The second-order valence-electron chi connectivity index (χ2n) is 4.35. The number of carbonyl (C=O) groups excluding carboxylic acids is 1. The van der Waals surface area contributed by atoms with Crippen LogP contribution in [0.5, 0.6) is 0 Å². The van der Waals surface area contributed by atoms with E-state index >= 15 is 0 Å². The number of aryl methyl sites for hydroxylation is 1. The summed E-state index contributed by atoms with van der Waals surface area (Å²) in [6, 6.07) is 5.93. The maximum atomic E-state index is 12.0. The Morgan fingerprint density at radius 3 is 2.88 bits per heavy atom. The van der Waals surface area contributed by atoms with Gasteiger partial charge in [-0.3, -0.25) is 9.80 Å². The van der Waals surface area contributed by atoms with Crippen molar-refractivity contribution in [1.29, 1.82) is 0 Å². The number of anilines is 2. The van der Waals surface area contributed by atoms with Gasteiger partial charge in [0.2, 0.25) is 0 Å². The van der Waals surface area contributed by atoms with Crippen molar-refractivity contribution >= 4 is 17.3 Å². The van der Waals surface area contributed by atoms with Gasteiger partial charge in [-0.05, 0) is 24.6 Å². The van der Waals surface area contributed by atoms with Crippen molar-refractivity contribution in [2.45, 2.75) is 6.92 Å². The molecule has 2 aliphatic heterocycles. The highest BCUT2D eigenvalue weighted by Crippen LogP contribution is 2.30. The molecule has 0 saturated heterocycles. The fourth-order valence-corrected chi connectivity index (χ4v) is 2.11. The molecule has 88 valence electrons. The normalized spacial score (nSPS) is 18.2. The number of hydrogen-bond acceptors (Lipinski definition) is 4. The van der Waals surface area contributed by atoms with Crippen LogP contribution >= 0.6 is 0 Å². The Morgan fingerprint density at radius 2 is 2.06 bits per heavy atom. The van der Waals surface area contributed by atoms with Gasteiger partial charge in [-0.2, -0.15) is 0 Å². The highest BCUT2D eigenvalue weighted by Gasteiger charge is 2.28. The third-order valence-electron chi connectivity index (χ3n) is 3.06. The third-order valence-corrected chi connectivity index (χ3v) is 3.06. The summed E-state index contributed by atoms with van der Waals surface area (Å²) < 4.78 is 0. The fraction of sp³-hybridized carbons (Fsp3) is 0.250. The van der Waals surface area contributed by atoms with Crippen LogP contribution in [0.25, 0.3) is 0 Å². The van der Waals surface area contributed by atoms with Gasteiger partial charge in [0.05, 0.1) is 16.9 Å². The molecule has 0 atom stereocenters. The Bertz CT molecular complexity index is 535. The molecule has 0 unspecified atom stereocenters. The van der Waals surface area contributed by atoms with Crippen molar-refractivity contribution < 1.29 is 4.79 Å². The molecule has 2 aliphatic rings. The molecular weight excluding hydrogens is 216 g/mol. The van der Waals surface area contributed by atoms with E-state index in [2.05, 4.69) is 16.1 Å². The summed E-state index contributed by atoms with van der Waals surface area (Å²) in [5.41, 5.74) is 6.75. The molecule has 3 rings (SSSR count). The largest absolute Gasteiger partial charge is 0.339 e. The van der Waals surface area contributed by atoms with Crippen molar-refractivity contribution in [3.05, 3.63) is 35.2 Å². The molecule has 1 aromatic carbocycles. The minimum absolute atomic E-state index is 0.0491. The summed E-state index contributed by atoms with van der Waals surface area (Å²) in [6.45, 7) is 2.58. The smallest absolute Gasteiger partial charge is 0.256 e. The summed E-state index contributed by atoms with van der Waals surface area (Å²) in [5.74, 6) is 0.777. The van der Waals surface area contributed by atoms with E-state index < -0.39 is 0 Å². The van der Waals surface area contributed by atoms with Crippen molar-refractivity contribution in [2.75, 3.05) is 24.2 Å². The number of amides is 1. The number of benzene rings is 1. The van der Waals surface area contributed by atoms with E-state index in [1.807, 2.05) is 37.2 Å². The van der Waals surface area contributed by atoms with E-state index in [1.165, 1.54) is 0 Å². The van der Waals surface area contributed by atoms with Crippen LogP contribution in [-0.2, 0) is 4.79 Å². The highest BCUT2D eigenvalue weighted by molar-refractivity contribution is 6.08. The Kier molecular flexibility index (Phi) is 2.09. The van der Waals surface area contributed by atoms with Crippen LogP contribution in [0.3, 0.4) is 0 Å². The van der Waals surface area contributed by atoms with Crippen LogP contribution in [0.15, 0.2) is 29.6 Å². The Balaban J connectivity index is 2.09. The summed E-state index contributed by atoms with van der Waals surface area (Å²) in [5, 5.41) is 8.06. The molecule has 17 heavy (non-hydrogen) atoms. The third kappa shape index (κ3) is 1.55. The number of rotatable bonds is 0. The number of nitrogens with zero attached hydrogens (tertiary/aromatic N) is 1. The van der Waals surface area contributed by atoms with Gasteiger partial charge < -0.3 is 10.6 Å². The van der Waals surface area contributed by atoms with Gasteiger partial charge in [0.1, 0.15) is 5.82 Å². The summed E-state index contributed by atoms with van der Waals surface area (Å²) in [4.78, 5) is 12.0. The zero-order valence-corrected chi connectivity index (χ0v) is 9.79. The Morgan fingerprint density at radius 1 is 1.24 bits per heavy atom. The van der Waals surface area contributed by atoms with E-state index in [1.54, 1.807) is 0 Å². The molecule has 1 aromatic rings. The lowest BCUT2D eigenvalue weighted by Gasteiger charge is -2.18. The highest BCUT2D eigenvalue weighted by atomic mass is 16.1. The molecule has 0 saturated carbocycles. The minimum Gasteiger partial charge on any atom is -0.339 e. The van der Waals surface area contributed by atoms with Crippen molar-refractivity contribution in [2.24, 2.45) is 0 Å². The number of carbonyl (C=O) groups is 1. The zero-order chi connectivity index (χ0) is 12.0.